The lowest BCUT2D eigenvalue weighted by molar-refractivity contribution is 1.29. The van der Waals surface area contributed by atoms with Crippen LogP contribution in [0.25, 0.3) is 5.57 Å². The molecule has 0 aliphatic rings. The highest BCUT2D eigenvalue weighted by atomic mass is 14.0. The minimum absolute atomic E-state index is 0.879. The van der Waals surface area contributed by atoms with Crippen LogP contribution in [0.15, 0.2) is 61.2 Å². The van der Waals surface area contributed by atoms with Gasteiger partial charge in [0.15, 0.2) is 0 Å². The summed E-state index contributed by atoms with van der Waals surface area (Å²) < 4.78 is 0. The zero-order valence-corrected chi connectivity index (χ0v) is 8.66. The first-order valence-electron chi connectivity index (χ1n) is 4.78. The first-order valence-corrected chi connectivity index (χ1v) is 4.78. The van der Waals surface area contributed by atoms with E-state index < -0.39 is 0 Å². The molecular formula is C14H16. The molecule has 0 spiro atoms. The molecule has 0 fully saturated rings. The Bertz CT molecular complexity index is 342. The lowest BCUT2D eigenvalue weighted by atomic mass is 9.99. The number of allylic oxidation sites excluding steroid dienone is 4. The Morgan fingerprint density at radius 1 is 1.21 bits per heavy atom. The summed E-state index contributed by atoms with van der Waals surface area (Å²) >= 11 is 0. The van der Waals surface area contributed by atoms with Gasteiger partial charge in [0.05, 0.1) is 0 Å². The molecule has 0 heterocycles. The normalized spacial score (nSPS) is 11.8. The molecule has 0 nitrogen and oxygen atoms in total. The number of rotatable bonds is 4. The average Bonchev–Trinajstić information content (AvgIpc) is 2.26. The number of hydrogen-bond donors (Lipinski definition) is 0. The van der Waals surface area contributed by atoms with Crippen LogP contribution in [0.1, 0.15) is 18.9 Å². The van der Waals surface area contributed by atoms with Crippen LogP contribution in [0.4, 0.5) is 0 Å². The van der Waals surface area contributed by atoms with Crippen molar-refractivity contribution in [3.63, 3.8) is 0 Å². The number of benzene rings is 1. The third kappa shape index (κ3) is 2.46. The molecule has 0 bridgehead atoms. The third-order valence-electron chi connectivity index (χ3n) is 2.30. The number of hydrogen-bond acceptors (Lipinski definition) is 0. The van der Waals surface area contributed by atoms with E-state index >= 15 is 0 Å². The fourth-order valence-corrected chi connectivity index (χ4v) is 1.42. The summed E-state index contributed by atoms with van der Waals surface area (Å²) in [6.45, 7) is 9.68. The summed E-state index contributed by atoms with van der Waals surface area (Å²) in [6.07, 6.45) is 4.69. The minimum Gasteiger partial charge on any atom is -0.103 e. The minimum atomic E-state index is 0.879. The maximum absolute atomic E-state index is 3.82. The van der Waals surface area contributed by atoms with Crippen LogP contribution < -0.4 is 0 Å². The van der Waals surface area contributed by atoms with Gasteiger partial charge in [0, 0.05) is 0 Å². The van der Waals surface area contributed by atoms with Gasteiger partial charge in [0.2, 0.25) is 0 Å². The van der Waals surface area contributed by atoms with Gasteiger partial charge >= 0.3 is 0 Å². The molecule has 0 radical (unpaired) electrons. The molecule has 0 N–H and O–H groups in total. The van der Waals surface area contributed by atoms with Gasteiger partial charge in [0.25, 0.3) is 0 Å². The predicted molar refractivity (Wildman–Crippen MR) is 64.0 cm³/mol. The van der Waals surface area contributed by atoms with E-state index in [1.165, 1.54) is 16.7 Å². The molecule has 0 atom stereocenters. The summed E-state index contributed by atoms with van der Waals surface area (Å²) in [7, 11) is 0. The molecule has 0 amide bonds. The van der Waals surface area contributed by atoms with Crippen molar-refractivity contribution in [2.45, 2.75) is 13.3 Å². The third-order valence-corrected chi connectivity index (χ3v) is 2.30. The maximum Gasteiger partial charge on any atom is -0.00975 e. The summed E-state index contributed by atoms with van der Waals surface area (Å²) in [5.41, 5.74) is 3.77. The highest BCUT2D eigenvalue weighted by molar-refractivity contribution is 5.69. The molecule has 0 aliphatic heterocycles. The van der Waals surface area contributed by atoms with Gasteiger partial charge in [0.1, 0.15) is 0 Å². The second-order valence-corrected chi connectivity index (χ2v) is 3.21. The summed E-state index contributed by atoms with van der Waals surface area (Å²) in [4.78, 5) is 0. The molecule has 72 valence electrons. The quantitative estimate of drug-likeness (QED) is 0.485. The molecule has 0 aromatic heterocycles. The molecular weight excluding hydrogens is 168 g/mol. The van der Waals surface area contributed by atoms with Crippen molar-refractivity contribution in [1.82, 2.24) is 0 Å². The van der Waals surface area contributed by atoms with Crippen molar-refractivity contribution in [3.8, 4) is 0 Å². The molecule has 1 aromatic rings. The van der Waals surface area contributed by atoms with Gasteiger partial charge in [-0.15, -0.1) is 6.58 Å². The van der Waals surface area contributed by atoms with Crippen LogP contribution in [-0.4, -0.2) is 0 Å². The fourth-order valence-electron chi connectivity index (χ4n) is 1.42. The Morgan fingerprint density at radius 3 is 2.36 bits per heavy atom. The van der Waals surface area contributed by atoms with Gasteiger partial charge in [-0.1, -0.05) is 49.1 Å². The second kappa shape index (κ2) is 5.23. The highest BCUT2D eigenvalue weighted by Gasteiger charge is 1.99. The van der Waals surface area contributed by atoms with E-state index in [1.54, 1.807) is 0 Å². The van der Waals surface area contributed by atoms with Crippen LogP contribution in [-0.2, 0) is 0 Å². The summed E-state index contributed by atoms with van der Waals surface area (Å²) in [5, 5.41) is 0. The van der Waals surface area contributed by atoms with Crippen molar-refractivity contribution in [3.05, 3.63) is 66.8 Å². The summed E-state index contributed by atoms with van der Waals surface area (Å²) in [5.74, 6) is 0. The first-order chi connectivity index (χ1) is 6.79. The Morgan fingerprint density at radius 2 is 1.86 bits per heavy atom. The predicted octanol–water partition coefficient (Wildman–Crippen LogP) is 4.22. The molecule has 0 unspecified atom stereocenters. The van der Waals surface area contributed by atoms with Gasteiger partial charge < -0.3 is 0 Å². The molecule has 0 aliphatic carbocycles. The lowest BCUT2D eigenvalue weighted by Crippen LogP contribution is -1.84. The van der Waals surface area contributed by atoms with Crippen molar-refractivity contribution in [2.24, 2.45) is 0 Å². The van der Waals surface area contributed by atoms with E-state index in [4.69, 9.17) is 0 Å². The van der Waals surface area contributed by atoms with Gasteiger partial charge in [-0.25, -0.2) is 0 Å². The van der Waals surface area contributed by atoms with E-state index in [1.807, 2.05) is 30.4 Å². The van der Waals surface area contributed by atoms with Crippen LogP contribution >= 0.6 is 0 Å². The van der Waals surface area contributed by atoms with Gasteiger partial charge in [-0.05, 0) is 30.1 Å². The van der Waals surface area contributed by atoms with Crippen molar-refractivity contribution in [2.75, 3.05) is 0 Å². The molecule has 14 heavy (non-hydrogen) atoms. The average molecular weight is 184 g/mol. The lowest BCUT2D eigenvalue weighted by Gasteiger charge is -2.06. The maximum atomic E-state index is 3.82. The molecule has 0 saturated heterocycles. The Kier molecular flexibility index (Phi) is 3.93. The van der Waals surface area contributed by atoms with E-state index in [9.17, 15) is 0 Å². The molecule has 0 saturated carbocycles. The Hall–Kier alpha value is -1.56. The van der Waals surface area contributed by atoms with Crippen molar-refractivity contribution < 1.29 is 0 Å². The standard InChI is InChI=1S/C14H16/c1-4-9-13(5-2)12(3)14-10-7-6-8-11-14/h4-8,10-11H,1-2,9H2,3H3. The van der Waals surface area contributed by atoms with Gasteiger partial charge in [-0.3, -0.25) is 0 Å². The van der Waals surface area contributed by atoms with Crippen LogP contribution in [0.2, 0.25) is 0 Å². The fraction of sp³-hybridized carbons (Fsp3) is 0.143. The Labute approximate surface area is 86.3 Å². The SMILES string of the molecule is C=CCC(C=C)=C(C)c1ccccc1. The van der Waals surface area contributed by atoms with Crippen molar-refractivity contribution >= 4 is 5.57 Å². The molecule has 0 heteroatoms. The monoisotopic (exact) mass is 184 g/mol. The van der Waals surface area contributed by atoms with Crippen LogP contribution in [0.5, 0.6) is 0 Å². The molecule has 1 aromatic carbocycles. The second-order valence-electron chi connectivity index (χ2n) is 3.21. The van der Waals surface area contributed by atoms with Gasteiger partial charge in [-0.2, -0.15) is 0 Å². The van der Waals surface area contributed by atoms with E-state index in [-0.39, 0.29) is 0 Å². The largest absolute Gasteiger partial charge is 0.103 e. The summed E-state index contributed by atoms with van der Waals surface area (Å²) in [6, 6.07) is 10.3. The van der Waals surface area contributed by atoms with Crippen molar-refractivity contribution in [1.29, 1.82) is 0 Å². The van der Waals surface area contributed by atoms with Crippen LogP contribution in [0.3, 0.4) is 0 Å². The zero-order chi connectivity index (χ0) is 10.4. The molecule has 1 rings (SSSR count). The smallest absolute Gasteiger partial charge is 0.00975 e. The zero-order valence-electron chi connectivity index (χ0n) is 8.66. The van der Waals surface area contributed by atoms with E-state index in [0.29, 0.717) is 0 Å². The van der Waals surface area contributed by atoms with Crippen LogP contribution in [0, 0.1) is 0 Å². The Balaban J connectivity index is 3.07. The van der Waals surface area contributed by atoms with E-state index in [0.717, 1.165) is 6.42 Å². The highest BCUT2D eigenvalue weighted by Crippen LogP contribution is 2.20. The first kappa shape index (κ1) is 10.5. The topological polar surface area (TPSA) is 0 Å². The van der Waals surface area contributed by atoms with E-state index in [2.05, 4.69) is 32.2 Å².